The Kier molecular flexibility index (Phi) is 29.3. The predicted octanol–water partition coefficient (Wildman–Crippen LogP) is 8.42. The molecule has 0 radical (unpaired) electrons. The van der Waals surface area contributed by atoms with E-state index in [4.69, 9.17) is 48.8 Å². The topological polar surface area (TPSA) is 234 Å². The molecule has 2 amide bonds. The molecular formula is C65H94F5N9O12. The van der Waals surface area contributed by atoms with Gasteiger partial charge in [0.15, 0.2) is 11.6 Å². The lowest BCUT2D eigenvalue weighted by Gasteiger charge is -2.52. The van der Waals surface area contributed by atoms with Gasteiger partial charge in [-0.15, -0.1) is 10.2 Å². The number of hydrogen-bond acceptors (Lipinski definition) is 18. The van der Waals surface area contributed by atoms with Gasteiger partial charge in [0, 0.05) is 87.2 Å². The summed E-state index contributed by atoms with van der Waals surface area (Å²) in [5, 5.41) is 16.6. The Labute approximate surface area is 530 Å². The molecule has 8 rings (SSSR count). The summed E-state index contributed by atoms with van der Waals surface area (Å²) in [4.78, 5) is 47.6. The maximum atomic E-state index is 13.9. The van der Waals surface area contributed by atoms with E-state index in [0.29, 0.717) is 154 Å². The number of benzene rings is 2. The van der Waals surface area contributed by atoms with Crippen LogP contribution in [0.4, 0.5) is 22.0 Å². The number of nitrogens with two attached hydrogens (primary N) is 1. The Bertz CT molecular complexity index is 2710. The van der Waals surface area contributed by atoms with Gasteiger partial charge in [-0.3, -0.25) is 24.3 Å². The van der Waals surface area contributed by atoms with Gasteiger partial charge in [-0.25, -0.2) is 22.0 Å². The van der Waals surface area contributed by atoms with Gasteiger partial charge < -0.3 is 63.3 Å². The number of amides is 2. The molecule has 91 heavy (non-hydrogen) atoms. The van der Waals surface area contributed by atoms with Crippen LogP contribution >= 0.6 is 0 Å². The number of aromatic nitrogens is 3. The van der Waals surface area contributed by atoms with Crippen molar-refractivity contribution in [3.05, 3.63) is 77.1 Å². The normalized spacial score (nSPS) is 20.6. The Morgan fingerprint density at radius 3 is 1.78 bits per heavy atom. The largest absolute Gasteiger partial charge is 0.420 e. The zero-order chi connectivity index (χ0) is 64.3. The van der Waals surface area contributed by atoms with Crippen LogP contribution in [0, 0.1) is 35.7 Å². The first-order chi connectivity index (χ1) is 44.2. The van der Waals surface area contributed by atoms with Crippen LogP contribution in [0.15, 0.2) is 52.6 Å². The van der Waals surface area contributed by atoms with E-state index in [9.17, 15) is 36.3 Å². The third kappa shape index (κ3) is 22.9. The number of aryl methyl sites for hydroxylation is 1. The van der Waals surface area contributed by atoms with Crippen molar-refractivity contribution in [1.29, 1.82) is 0 Å². The molecule has 2 aliphatic carbocycles. The summed E-state index contributed by atoms with van der Waals surface area (Å²) >= 11 is 0. The van der Waals surface area contributed by atoms with Crippen molar-refractivity contribution in [1.82, 2.24) is 29.9 Å². The third-order valence-corrected chi connectivity index (χ3v) is 18.1. The highest BCUT2D eigenvalue weighted by Gasteiger charge is 2.50. The summed E-state index contributed by atoms with van der Waals surface area (Å²) in [6.45, 7) is 10.5. The minimum atomic E-state index is -2.67. The number of aliphatic imine (C=N–C) groups is 1. The maximum absolute atomic E-state index is 13.9. The van der Waals surface area contributed by atoms with E-state index in [2.05, 4.69) is 53.8 Å². The highest BCUT2D eigenvalue weighted by Crippen LogP contribution is 2.57. The van der Waals surface area contributed by atoms with Crippen LogP contribution in [0.2, 0.25) is 0 Å². The molecule has 5 fully saturated rings. The van der Waals surface area contributed by atoms with Crippen LogP contribution in [-0.2, 0) is 52.3 Å². The number of halogens is 5. The second-order valence-corrected chi connectivity index (χ2v) is 24.4. The molecule has 21 nitrogen and oxygen atoms in total. The summed E-state index contributed by atoms with van der Waals surface area (Å²) in [6.07, 6.45) is 12.3. The number of hydrogen-bond donors (Lipinski definition) is 2. The van der Waals surface area contributed by atoms with Crippen LogP contribution < -0.4 is 15.9 Å². The molecule has 26 heteroatoms. The highest BCUT2D eigenvalue weighted by molar-refractivity contribution is 6.30. The zero-order valence-electron chi connectivity index (χ0n) is 52.7. The molecule has 3 N–H and O–H groups in total. The predicted molar refractivity (Wildman–Crippen MR) is 328 cm³/mol. The Morgan fingerprint density at radius 1 is 0.692 bits per heavy atom. The molecule has 2 bridgehead atoms. The van der Waals surface area contributed by atoms with Gasteiger partial charge >= 0.3 is 5.97 Å². The molecule has 2 saturated carbocycles. The monoisotopic (exact) mass is 1290 g/mol. The molecule has 4 heterocycles. The lowest BCUT2D eigenvalue weighted by Crippen LogP contribution is -2.49. The van der Waals surface area contributed by atoms with Gasteiger partial charge in [0.05, 0.1) is 130 Å². The summed E-state index contributed by atoms with van der Waals surface area (Å²) in [5.41, 5.74) is 1.91. The third-order valence-electron chi connectivity index (χ3n) is 18.1. The zero-order valence-corrected chi connectivity index (χ0v) is 52.7. The average Bonchev–Trinajstić information content (AvgIpc) is 1.74. The SMILES string of the molecule is Cc1nnc(C2CC3(CCN(C(=O)CCC/C(C=NCCOCCOCCOCCOCCOCCOCCOCCOCCC(=O)Oc4c(F)cc(F)cc4F)=N/N)CC3)C2)n1C1CC2CCC(C1)N2CC[C@H](NC(=O)C1CCC(F)(F)CC1)c1ccccc1. The number of esters is 1. The van der Waals surface area contributed by atoms with E-state index in [-0.39, 0.29) is 81.1 Å². The van der Waals surface area contributed by atoms with Crippen molar-refractivity contribution in [2.24, 2.45) is 27.3 Å². The standard InChI is InChI=1S/C65H94F5N9O12/c1-47-75-76-62(79(47)55-42-53-10-11-54(43-55)78(53)21-14-58(48-6-3-2-4-7-48)73-63(82)49-12-16-65(69,70)17-13-49)50-44-64(45-50)18-22-77(23-19-64)59(80)9-5-8-52(74-71)46-72-20-25-84-27-29-86-31-33-88-35-37-90-39-38-89-36-34-87-32-30-85-28-26-83-24-15-60(81)91-61-56(67)40-51(66)41-57(61)68/h2-4,6-7,40-41,46,49-50,53-55,58H,5,8-39,42-45,71H2,1H3,(H,73,82)/b72-46?,74-52-/t53?,54?,55?,58-/m0/s1. The number of hydrazone groups is 1. The van der Waals surface area contributed by atoms with Crippen molar-refractivity contribution in [2.75, 3.05) is 132 Å². The summed E-state index contributed by atoms with van der Waals surface area (Å²) in [7, 11) is 0. The quantitative estimate of drug-likeness (QED) is 0.0103. The lowest BCUT2D eigenvalue weighted by atomic mass is 9.57. The number of ether oxygens (including phenoxy) is 9. The van der Waals surface area contributed by atoms with Crippen LogP contribution in [0.5, 0.6) is 5.75 Å². The highest BCUT2D eigenvalue weighted by atomic mass is 19.3. The smallest absolute Gasteiger partial charge is 0.313 e. The number of fused-ring (bicyclic) bond motifs is 2. The van der Waals surface area contributed by atoms with Crippen molar-refractivity contribution in [3.8, 4) is 5.75 Å². The van der Waals surface area contributed by atoms with E-state index in [1.807, 2.05) is 23.1 Å². The van der Waals surface area contributed by atoms with E-state index in [0.717, 1.165) is 94.6 Å². The molecule has 3 atom stereocenters. The van der Waals surface area contributed by atoms with Gasteiger partial charge in [0.25, 0.3) is 0 Å². The first-order valence-corrected chi connectivity index (χ1v) is 32.6. The Hall–Kier alpha value is -5.58. The van der Waals surface area contributed by atoms with Gasteiger partial charge in [-0.05, 0) is 101 Å². The van der Waals surface area contributed by atoms with Gasteiger partial charge in [0.2, 0.25) is 23.5 Å². The fourth-order valence-electron chi connectivity index (χ4n) is 13.2. The molecule has 1 spiro atoms. The first kappa shape index (κ1) is 71.3. The minimum Gasteiger partial charge on any atom is -0.420 e. The fourth-order valence-corrected chi connectivity index (χ4v) is 13.2. The van der Waals surface area contributed by atoms with Gasteiger partial charge in [-0.2, -0.15) is 5.10 Å². The number of alkyl halides is 2. The number of carbonyl (C=O) groups excluding carboxylic acids is 3. The Balaban J connectivity index is 0.578. The molecule has 506 valence electrons. The fraction of sp³-hybridized carbons (Fsp3) is 0.708. The number of piperidine rings is 2. The maximum Gasteiger partial charge on any atom is 0.313 e. The second-order valence-electron chi connectivity index (χ2n) is 24.4. The lowest BCUT2D eigenvalue weighted by molar-refractivity contribution is -0.136. The van der Waals surface area contributed by atoms with Crippen molar-refractivity contribution < 1.29 is 79.0 Å². The molecule has 2 unspecified atom stereocenters. The molecule has 1 aromatic heterocycles. The van der Waals surface area contributed by atoms with Crippen molar-refractivity contribution >= 4 is 29.7 Å². The van der Waals surface area contributed by atoms with E-state index in [1.54, 1.807) is 6.21 Å². The van der Waals surface area contributed by atoms with Gasteiger partial charge in [0.1, 0.15) is 17.5 Å². The number of likely N-dealkylation sites (tertiary alicyclic amines) is 1. The van der Waals surface area contributed by atoms with Gasteiger partial charge in [-0.1, -0.05) is 30.3 Å². The molecule has 2 aromatic carbocycles. The molecule has 3 aromatic rings. The van der Waals surface area contributed by atoms with Crippen molar-refractivity contribution in [2.45, 2.75) is 152 Å². The van der Waals surface area contributed by atoms with Crippen LogP contribution in [0.25, 0.3) is 0 Å². The minimum absolute atomic E-state index is 0.0491. The van der Waals surface area contributed by atoms with Crippen LogP contribution in [0.1, 0.15) is 144 Å². The second kappa shape index (κ2) is 37.3. The number of nitrogens with zero attached hydrogens (tertiary/aromatic N) is 7. The van der Waals surface area contributed by atoms with E-state index in [1.165, 1.54) is 0 Å². The average molecular weight is 1290 g/mol. The van der Waals surface area contributed by atoms with Crippen LogP contribution in [0.3, 0.4) is 0 Å². The summed E-state index contributed by atoms with van der Waals surface area (Å²) in [6, 6.07) is 11.9. The van der Waals surface area contributed by atoms with E-state index < -0.39 is 35.1 Å². The molecular weight excluding hydrogens is 1190 g/mol. The molecule has 5 aliphatic rings. The summed E-state index contributed by atoms with van der Waals surface area (Å²) < 4.78 is 119. The van der Waals surface area contributed by atoms with Crippen molar-refractivity contribution in [3.63, 3.8) is 0 Å². The summed E-state index contributed by atoms with van der Waals surface area (Å²) in [5.74, 6) is -0.460. The number of rotatable bonds is 41. The van der Waals surface area contributed by atoms with Crippen LogP contribution in [-0.4, -0.2) is 204 Å². The Morgan fingerprint density at radius 2 is 1.23 bits per heavy atom. The van der Waals surface area contributed by atoms with E-state index >= 15 is 0 Å². The molecule has 3 aliphatic heterocycles. The molecule has 3 saturated heterocycles. The first-order valence-electron chi connectivity index (χ1n) is 32.6. The number of nitrogens with one attached hydrogen (secondary N) is 1. The number of carbonyl (C=O) groups is 3.